The summed E-state index contributed by atoms with van der Waals surface area (Å²) in [6, 6.07) is 9.17. The molecule has 0 bridgehead atoms. The van der Waals surface area contributed by atoms with Gasteiger partial charge < -0.3 is 14.4 Å². The number of nitrogens with one attached hydrogen (secondary N) is 1. The van der Waals surface area contributed by atoms with Crippen molar-refractivity contribution in [2.45, 2.75) is 30.2 Å². The Bertz CT molecular complexity index is 836. The molecule has 1 aliphatic heterocycles. The zero-order valence-electron chi connectivity index (χ0n) is 12.3. The molecule has 0 fully saturated rings. The molecule has 1 aromatic carbocycles. The van der Waals surface area contributed by atoms with E-state index in [1.54, 1.807) is 18.3 Å². The van der Waals surface area contributed by atoms with Gasteiger partial charge in [-0.2, -0.15) is 5.26 Å². The predicted octanol–water partition coefficient (Wildman–Crippen LogP) is 2.60. The van der Waals surface area contributed by atoms with Gasteiger partial charge in [-0.3, -0.25) is 4.79 Å². The summed E-state index contributed by atoms with van der Waals surface area (Å²) in [7, 11) is 0. The summed E-state index contributed by atoms with van der Waals surface area (Å²) in [6.07, 6.45) is 1.61. The molecule has 0 radical (unpaired) electrons. The van der Waals surface area contributed by atoms with Gasteiger partial charge in [-0.1, -0.05) is 26.0 Å². The first kappa shape index (κ1) is 14.7. The Labute approximate surface area is 131 Å². The Morgan fingerprint density at radius 2 is 2.09 bits per heavy atom. The van der Waals surface area contributed by atoms with Gasteiger partial charge in [0.2, 0.25) is 0 Å². The van der Waals surface area contributed by atoms with Gasteiger partial charge in [0, 0.05) is 17.7 Å². The average molecular weight is 313 g/mol. The van der Waals surface area contributed by atoms with E-state index in [2.05, 4.69) is 5.32 Å². The minimum absolute atomic E-state index is 0.0148. The van der Waals surface area contributed by atoms with Gasteiger partial charge in [-0.25, -0.2) is 0 Å². The van der Waals surface area contributed by atoms with Crippen LogP contribution in [0.2, 0.25) is 0 Å². The lowest BCUT2D eigenvalue weighted by Gasteiger charge is -2.24. The number of nitrogens with zero attached hydrogens (tertiary/aromatic N) is 2. The number of hydrogen-bond donors (Lipinski definition) is 1. The lowest BCUT2D eigenvalue weighted by atomic mass is 10.2. The average Bonchev–Trinajstić information content (AvgIpc) is 2.49. The van der Waals surface area contributed by atoms with Crippen LogP contribution in [0.1, 0.15) is 19.4 Å². The Morgan fingerprint density at radius 1 is 1.36 bits per heavy atom. The van der Waals surface area contributed by atoms with E-state index in [0.29, 0.717) is 27.7 Å². The van der Waals surface area contributed by atoms with E-state index in [9.17, 15) is 14.6 Å². The number of fused-ring (bicyclic) bond motifs is 2. The zero-order chi connectivity index (χ0) is 15.9. The number of hydrogen-bond acceptors (Lipinski definition) is 4. The molecule has 1 aliphatic rings. The van der Waals surface area contributed by atoms with Crippen LogP contribution in [0.4, 0.5) is 11.4 Å². The van der Waals surface area contributed by atoms with Gasteiger partial charge in [0.05, 0.1) is 11.9 Å². The number of anilines is 2. The van der Waals surface area contributed by atoms with Crippen molar-refractivity contribution in [2.24, 2.45) is 5.92 Å². The highest BCUT2D eigenvalue weighted by Gasteiger charge is 2.32. The van der Waals surface area contributed by atoms with Crippen LogP contribution in [0.5, 0.6) is 0 Å². The summed E-state index contributed by atoms with van der Waals surface area (Å²) in [6.45, 7) is 4.46. The van der Waals surface area contributed by atoms with E-state index in [1.165, 1.54) is 4.57 Å². The van der Waals surface area contributed by atoms with Crippen LogP contribution < -0.4 is 10.9 Å². The maximum absolute atomic E-state index is 12.8. The summed E-state index contributed by atoms with van der Waals surface area (Å²) < 4.78 is 14.3. The third-order valence-corrected chi connectivity index (χ3v) is 4.93. The van der Waals surface area contributed by atoms with Crippen molar-refractivity contribution in [2.75, 3.05) is 5.32 Å². The molecule has 1 atom stereocenters. The first-order chi connectivity index (χ1) is 10.5. The third kappa shape index (κ3) is 2.28. The summed E-state index contributed by atoms with van der Waals surface area (Å²) in [5, 5.41) is 12.4. The Morgan fingerprint density at radius 3 is 2.77 bits per heavy atom. The summed E-state index contributed by atoms with van der Waals surface area (Å²) in [5.41, 5.74) is 0.704. The Balaban J connectivity index is 2.23. The highest BCUT2D eigenvalue weighted by atomic mass is 32.2. The molecule has 5 nitrogen and oxygen atoms in total. The molecular formula is C16H15N3O2S. The van der Waals surface area contributed by atoms with Crippen LogP contribution in [0.25, 0.3) is 0 Å². The molecular weight excluding hydrogens is 298 g/mol. The SMILES string of the molecule is CC(C)Cn1cc2c(c(C#N)c1=O)Nc1ccccc1[S+]2[O-]. The quantitative estimate of drug-likeness (QED) is 0.864. The van der Waals surface area contributed by atoms with E-state index in [-0.39, 0.29) is 17.0 Å². The summed E-state index contributed by atoms with van der Waals surface area (Å²) in [5.74, 6) is 0.250. The lowest BCUT2D eigenvalue weighted by molar-refractivity contribution is 0.505. The molecule has 3 rings (SSSR count). The van der Waals surface area contributed by atoms with Gasteiger partial charge in [-0.15, -0.1) is 0 Å². The third-order valence-electron chi connectivity index (χ3n) is 3.46. The van der Waals surface area contributed by atoms with Crippen molar-refractivity contribution in [3.8, 4) is 6.07 Å². The fourth-order valence-corrected chi connectivity index (χ4v) is 3.84. The molecule has 112 valence electrons. The van der Waals surface area contributed by atoms with Gasteiger partial charge >= 0.3 is 0 Å². The number of para-hydroxylation sites is 1. The smallest absolute Gasteiger partial charge is 0.270 e. The molecule has 0 aliphatic carbocycles. The van der Waals surface area contributed by atoms with Crippen molar-refractivity contribution < 1.29 is 4.55 Å². The Kier molecular flexibility index (Phi) is 3.69. The van der Waals surface area contributed by atoms with Gasteiger partial charge in [-0.05, 0) is 18.1 Å². The minimum atomic E-state index is -1.41. The van der Waals surface area contributed by atoms with Gasteiger partial charge in [0.25, 0.3) is 5.56 Å². The maximum atomic E-state index is 12.8. The second-order valence-corrected chi connectivity index (χ2v) is 7.01. The topological polar surface area (TPSA) is 80.9 Å². The summed E-state index contributed by atoms with van der Waals surface area (Å²) >= 11 is -1.41. The van der Waals surface area contributed by atoms with Crippen molar-refractivity contribution >= 4 is 22.6 Å². The number of rotatable bonds is 2. The molecule has 0 saturated heterocycles. The molecule has 1 aromatic heterocycles. The second-order valence-electron chi connectivity index (χ2n) is 5.60. The highest BCUT2D eigenvalue weighted by Crippen LogP contribution is 2.39. The molecule has 2 heterocycles. The van der Waals surface area contributed by atoms with E-state index in [1.807, 2.05) is 32.0 Å². The molecule has 1 N–H and O–H groups in total. The molecule has 22 heavy (non-hydrogen) atoms. The second kappa shape index (κ2) is 5.52. The molecule has 0 amide bonds. The van der Waals surface area contributed by atoms with Crippen LogP contribution in [0.3, 0.4) is 0 Å². The first-order valence-corrected chi connectivity index (χ1v) is 8.13. The van der Waals surface area contributed by atoms with Gasteiger partial charge in [0.15, 0.2) is 9.79 Å². The molecule has 1 unspecified atom stereocenters. The normalized spacial score (nSPS) is 15.7. The highest BCUT2D eigenvalue weighted by molar-refractivity contribution is 7.92. The fourth-order valence-electron chi connectivity index (χ4n) is 2.52. The molecule has 6 heteroatoms. The predicted molar refractivity (Wildman–Crippen MR) is 84.7 cm³/mol. The van der Waals surface area contributed by atoms with Crippen molar-refractivity contribution in [3.63, 3.8) is 0 Å². The van der Waals surface area contributed by atoms with Gasteiger partial charge in [0.1, 0.15) is 17.3 Å². The number of nitriles is 1. The molecule has 0 saturated carbocycles. The largest absolute Gasteiger partial charge is 0.606 e. The number of pyridine rings is 1. The maximum Gasteiger partial charge on any atom is 0.270 e. The van der Waals surface area contributed by atoms with Crippen LogP contribution in [-0.2, 0) is 17.7 Å². The molecule has 0 spiro atoms. The van der Waals surface area contributed by atoms with Crippen molar-refractivity contribution in [1.29, 1.82) is 5.26 Å². The van der Waals surface area contributed by atoms with E-state index in [0.717, 1.165) is 0 Å². The van der Waals surface area contributed by atoms with Crippen LogP contribution >= 0.6 is 0 Å². The van der Waals surface area contributed by atoms with Crippen molar-refractivity contribution in [3.05, 3.63) is 46.4 Å². The van der Waals surface area contributed by atoms with E-state index in [4.69, 9.17) is 0 Å². The summed E-state index contributed by atoms with van der Waals surface area (Å²) in [4.78, 5) is 13.6. The number of aromatic nitrogens is 1. The molecule has 2 aromatic rings. The Hall–Kier alpha value is -2.23. The van der Waals surface area contributed by atoms with Crippen molar-refractivity contribution in [1.82, 2.24) is 4.57 Å². The fraction of sp³-hybridized carbons (Fsp3) is 0.250. The minimum Gasteiger partial charge on any atom is -0.606 e. The zero-order valence-corrected chi connectivity index (χ0v) is 13.1. The van der Waals surface area contributed by atoms with Crippen LogP contribution in [-0.4, -0.2) is 9.12 Å². The standard InChI is InChI=1S/C16H15N3O2S/c1-10(2)8-19-9-14-15(11(7-17)16(19)20)18-12-5-3-4-6-13(12)22(14)21/h3-6,9-10,18H,8H2,1-2H3. The number of benzene rings is 1. The van der Waals surface area contributed by atoms with E-state index >= 15 is 0 Å². The first-order valence-electron chi connectivity index (χ1n) is 6.98. The lowest BCUT2D eigenvalue weighted by Crippen LogP contribution is -2.29. The van der Waals surface area contributed by atoms with Crippen LogP contribution in [0, 0.1) is 17.2 Å². The monoisotopic (exact) mass is 313 g/mol. The van der Waals surface area contributed by atoms with Crippen LogP contribution in [0.15, 0.2) is 45.0 Å². The van der Waals surface area contributed by atoms with E-state index < -0.39 is 11.2 Å².